The summed E-state index contributed by atoms with van der Waals surface area (Å²) in [5.74, 6) is 0.227. The zero-order valence-corrected chi connectivity index (χ0v) is 15.8. The Morgan fingerprint density at radius 1 is 1.17 bits per heavy atom. The third-order valence-corrected chi connectivity index (χ3v) is 6.56. The van der Waals surface area contributed by atoms with E-state index >= 15 is 0 Å². The molecular weight excluding hydrogens is 324 g/mol. The molecule has 1 aliphatic heterocycles. The van der Waals surface area contributed by atoms with Crippen LogP contribution in [0.3, 0.4) is 0 Å². The predicted octanol–water partition coefficient (Wildman–Crippen LogP) is 3.62. The molecule has 1 amide bonds. The number of piperidine rings is 1. The first-order chi connectivity index (χ1) is 11.2. The molecule has 2 rings (SSSR count). The van der Waals surface area contributed by atoms with E-state index in [1.54, 1.807) is 28.6 Å². The molecule has 0 bridgehead atoms. The molecule has 0 saturated carbocycles. The molecule has 24 heavy (non-hydrogen) atoms. The maximum Gasteiger partial charge on any atom is 0.243 e. The maximum absolute atomic E-state index is 12.9. The molecule has 134 valence electrons. The van der Waals surface area contributed by atoms with Gasteiger partial charge in [0.05, 0.1) is 4.90 Å². The van der Waals surface area contributed by atoms with Gasteiger partial charge in [-0.1, -0.05) is 20.3 Å². The molecule has 2 atom stereocenters. The Bertz CT molecular complexity index is 658. The molecule has 1 aromatic carbocycles. The fourth-order valence-corrected chi connectivity index (χ4v) is 5.17. The molecule has 0 aromatic heterocycles. The van der Waals surface area contributed by atoms with Gasteiger partial charge in [0.15, 0.2) is 0 Å². The van der Waals surface area contributed by atoms with Gasteiger partial charge >= 0.3 is 0 Å². The van der Waals surface area contributed by atoms with Crippen LogP contribution in [0.4, 0.5) is 5.69 Å². The number of hydrogen-bond donors (Lipinski definition) is 1. The van der Waals surface area contributed by atoms with Crippen LogP contribution in [0.25, 0.3) is 0 Å². The molecule has 1 saturated heterocycles. The van der Waals surface area contributed by atoms with Gasteiger partial charge in [-0.05, 0) is 56.9 Å². The highest BCUT2D eigenvalue weighted by molar-refractivity contribution is 7.89. The number of benzene rings is 1. The van der Waals surface area contributed by atoms with Crippen LogP contribution < -0.4 is 5.32 Å². The Hall–Kier alpha value is -1.40. The highest BCUT2D eigenvalue weighted by Crippen LogP contribution is 2.29. The zero-order valence-electron chi connectivity index (χ0n) is 15.0. The Labute approximate surface area is 145 Å². The van der Waals surface area contributed by atoms with Gasteiger partial charge in [0.25, 0.3) is 0 Å². The smallest absolute Gasteiger partial charge is 0.243 e. The minimum absolute atomic E-state index is 0.0178. The zero-order chi connectivity index (χ0) is 17.9. The summed E-state index contributed by atoms with van der Waals surface area (Å²) in [5, 5.41) is 2.80. The van der Waals surface area contributed by atoms with Crippen LogP contribution >= 0.6 is 0 Å². The van der Waals surface area contributed by atoms with Gasteiger partial charge in [0.1, 0.15) is 0 Å². The van der Waals surface area contributed by atoms with Crippen LogP contribution in [-0.4, -0.2) is 30.7 Å². The van der Waals surface area contributed by atoms with Crippen molar-refractivity contribution in [2.24, 2.45) is 5.92 Å². The van der Waals surface area contributed by atoms with Crippen molar-refractivity contribution in [2.45, 2.75) is 70.4 Å². The Balaban J connectivity index is 2.15. The Morgan fingerprint density at radius 3 is 2.21 bits per heavy atom. The summed E-state index contributed by atoms with van der Waals surface area (Å²) < 4.78 is 27.5. The molecule has 0 radical (unpaired) electrons. The molecular formula is C18H28N2O3S. The van der Waals surface area contributed by atoms with Crippen molar-refractivity contribution < 1.29 is 13.2 Å². The van der Waals surface area contributed by atoms with Gasteiger partial charge in [-0.3, -0.25) is 4.79 Å². The van der Waals surface area contributed by atoms with E-state index in [-0.39, 0.29) is 28.8 Å². The first-order valence-electron chi connectivity index (χ1n) is 8.65. The molecule has 1 aliphatic rings. The van der Waals surface area contributed by atoms with Crippen LogP contribution in [0.2, 0.25) is 0 Å². The number of amides is 1. The lowest BCUT2D eigenvalue weighted by atomic mass is 10.0. The van der Waals surface area contributed by atoms with Crippen LogP contribution in [-0.2, 0) is 14.8 Å². The van der Waals surface area contributed by atoms with Crippen molar-refractivity contribution in [3.63, 3.8) is 0 Å². The molecule has 5 nitrogen and oxygen atoms in total. The van der Waals surface area contributed by atoms with Crippen molar-refractivity contribution in [3.8, 4) is 0 Å². The Morgan fingerprint density at radius 2 is 1.71 bits per heavy atom. The Kier molecular flexibility index (Phi) is 6.04. The minimum Gasteiger partial charge on any atom is -0.326 e. The van der Waals surface area contributed by atoms with Crippen LogP contribution in [0.15, 0.2) is 29.2 Å². The summed E-state index contributed by atoms with van der Waals surface area (Å²) in [7, 11) is -3.50. The SMILES string of the molecule is CC(C)CC(=O)Nc1ccc(S(=O)(=O)N2[C@H](C)CCC[C@H]2C)cc1. The number of hydrogen-bond acceptors (Lipinski definition) is 3. The molecule has 0 unspecified atom stereocenters. The van der Waals surface area contributed by atoms with E-state index in [2.05, 4.69) is 5.32 Å². The van der Waals surface area contributed by atoms with Gasteiger partial charge in [0, 0.05) is 24.2 Å². The standard InChI is InChI=1S/C18H28N2O3S/c1-13(2)12-18(21)19-16-8-10-17(11-9-16)24(22,23)20-14(3)6-5-7-15(20)4/h8-11,13-15H,5-7,12H2,1-4H3,(H,19,21)/t14-,15-/m1/s1. The fraction of sp³-hybridized carbons (Fsp3) is 0.611. The lowest BCUT2D eigenvalue weighted by Gasteiger charge is -2.37. The average Bonchev–Trinajstić information content (AvgIpc) is 2.46. The monoisotopic (exact) mass is 352 g/mol. The third-order valence-electron chi connectivity index (χ3n) is 4.42. The van der Waals surface area contributed by atoms with Crippen molar-refractivity contribution in [2.75, 3.05) is 5.32 Å². The lowest BCUT2D eigenvalue weighted by molar-refractivity contribution is -0.116. The molecule has 1 N–H and O–H groups in total. The normalized spacial score (nSPS) is 22.5. The van der Waals surface area contributed by atoms with Gasteiger partial charge in [0.2, 0.25) is 15.9 Å². The second-order valence-electron chi connectivity index (χ2n) is 7.13. The van der Waals surface area contributed by atoms with Crippen LogP contribution in [0.5, 0.6) is 0 Å². The summed E-state index contributed by atoms with van der Waals surface area (Å²) >= 11 is 0. The molecule has 1 fully saturated rings. The second-order valence-corrected chi connectivity index (χ2v) is 8.98. The second kappa shape index (κ2) is 7.66. The van der Waals surface area contributed by atoms with Crippen molar-refractivity contribution >= 4 is 21.6 Å². The van der Waals surface area contributed by atoms with E-state index < -0.39 is 10.0 Å². The first kappa shape index (κ1) is 18.9. The number of carbonyl (C=O) groups is 1. The quantitative estimate of drug-likeness (QED) is 0.880. The topological polar surface area (TPSA) is 66.5 Å². The lowest BCUT2D eigenvalue weighted by Crippen LogP contribution is -2.47. The highest BCUT2D eigenvalue weighted by Gasteiger charge is 2.35. The largest absolute Gasteiger partial charge is 0.326 e. The number of carbonyl (C=O) groups excluding carboxylic acids is 1. The summed E-state index contributed by atoms with van der Waals surface area (Å²) in [6.07, 6.45) is 3.30. The molecule has 1 aromatic rings. The van der Waals surface area contributed by atoms with Gasteiger partial charge < -0.3 is 5.32 Å². The van der Waals surface area contributed by atoms with E-state index in [9.17, 15) is 13.2 Å². The molecule has 0 spiro atoms. The highest BCUT2D eigenvalue weighted by atomic mass is 32.2. The van der Waals surface area contributed by atoms with E-state index in [4.69, 9.17) is 0 Å². The van der Waals surface area contributed by atoms with Gasteiger partial charge in [-0.2, -0.15) is 4.31 Å². The summed E-state index contributed by atoms with van der Waals surface area (Å²) in [5.41, 5.74) is 0.624. The maximum atomic E-state index is 12.9. The van der Waals surface area contributed by atoms with E-state index in [0.717, 1.165) is 19.3 Å². The van der Waals surface area contributed by atoms with E-state index in [1.165, 1.54) is 0 Å². The van der Waals surface area contributed by atoms with Gasteiger partial charge in [-0.15, -0.1) is 0 Å². The van der Waals surface area contributed by atoms with E-state index in [0.29, 0.717) is 12.1 Å². The fourth-order valence-electron chi connectivity index (χ4n) is 3.29. The summed E-state index contributed by atoms with van der Waals surface area (Å²) in [4.78, 5) is 12.1. The molecule has 1 heterocycles. The minimum atomic E-state index is -3.50. The van der Waals surface area contributed by atoms with Crippen molar-refractivity contribution in [1.29, 1.82) is 0 Å². The number of nitrogens with zero attached hydrogens (tertiary/aromatic N) is 1. The predicted molar refractivity (Wildman–Crippen MR) is 96.3 cm³/mol. The number of anilines is 1. The number of rotatable bonds is 5. The van der Waals surface area contributed by atoms with Crippen molar-refractivity contribution in [3.05, 3.63) is 24.3 Å². The first-order valence-corrected chi connectivity index (χ1v) is 10.1. The van der Waals surface area contributed by atoms with Gasteiger partial charge in [-0.25, -0.2) is 8.42 Å². The molecule has 0 aliphatic carbocycles. The summed E-state index contributed by atoms with van der Waals surface area (Å²) in [6, 6.07) is 6.51. The summed E-state index contributed by atoms with van der Waals surface area (Å²) in [6.45, 7) is 7.90. The average molecular weight is 353 g/mol. The van der Waals surface area contributed by atoms with E-state index in [1.807, 2.05) is 27.7 Å². The number of sulfonamides is 1. The van der Waals surface area contributed by atoms with Crippen molar-refractivity contribution in [1.82, 2.24) is 4.31 Å². The third kappa shape index (κ3) is 4.36. The van der Waals surface area contributed by atoms with Crippen LogP contribution in [0.1, 0.15) is 53.4 Å². The number of nitrogens with one attached hydrogen (secondary N) is 1. The molecule has 6 heteroatoms. The van der Waals surface area contributed by atoms with Crippen LogP contribution in [0, 0.1) is 5.92 Å².